The molecule has 2 N–H and O–H groups in total. The lowest BCUT2D eigenvalue weighted by atomic mass is 10.1. The molecule has 7 nitrogen and oxygen atoms in total. The van der Waals surface area contributed by atoms with Gasteiger partial charge in [-0.3, -0.25) is 14.4 Å². The lowest BCUT2D eigenvalue weighted by molar-refractivity contribution is -0.173. The minimum atomic E-state index is -1.41. The molecule has 1 rings (SSSR count). The molecule has 0 aliphatic rings. The molecule has 1 aromatic carbocycles. The summed E-state index contributed by atoms with van der Waals surface area (Å²) < 4.78 is 9.68. The molecule has 0 saturated carbocycles. The number of benzene rings is 1. The van der Waals surface area contributed by atoms with E-state index in [1.807, 2.05) is 30.3 Å². The van der Waals surface area contributed by atoms with E-state index in [9.17, 15) is 19.5 Å². The van der Waals surface area contributed by atoms with E-state index in [0.29, 0.717) is 0 Å². The third-order valence-electron chi connectivity index (χ3n) is 2.70. The van der Waals surface area contributed by atoms with E-state index in [-0.39, 0.29) is 6.54 Å². The quantitative estimate of drug-likeness (QED) is 0.696. The summed E-state index contributed by atoms with van der Waals surface area (Å²) in [5.74, 6) is -2.06. The summed E-state index contributed by atoms with van der Waals surface area (Å²) in [6.45, 7) is 1.83. The van der Waals surface area contributed by atoms with Crippen LogP contribution in [0, 0.1) is 0 Å². The highest BCUT2D eigenvalue weighted by molar-refractivity contribution is 5.84. The van der Waals surface area contributed by atoms with Crippen LogP contribution in [0.2, 0.25) is 0 Å². The van der Waals surface area contributed by atoms with E-state index in [2.05, 4.69) is 5.32 Å². The second-order valence-corrected chi connectivity index (χ2v) is 4.56. The first-order chi connectivity index (χ1) is 10.4. The number of hydrogen-bond donors (Lipinski definition) is 2. The smallest absolute Gasteiger partial charge is 0.303 e. The van der Waals surface area contributed by atoms with Crippen LogP contribution in [0.3, 0.4) is 0 Å². The van der Waals surface area contributed by atoms with Crippen LogP contribution < -0.4 is 5.32 Å². The Labute approximate surface area is 128 Å². The Hall–Kier alpha value is -2.41. The highest BCUT2D eigenvalue weighted by Gasteiger charge is 2.33. The van der Waals surface area contributed by atoms with Gasteiger partial charge in [-0.1, -0.05) is 30.3 Å². The Morgan fingerprint density at radius 1 is 1.09 bits per heavy atom. The number of esters is 2. The molecular weight excluding hydrogens is 290 g/mol. The minimum absolute atomic E-state index is 0.218. The van der Waals surface area contributed by atoms with Gasteiger partial charge in [-0.25, -0.2) is 0 Å². The van der Waals surface area contributed by atoms with Gasteiger partial charge in [-0.2, -0.15) is 0 Å². The summed E-state index contributed by atoms with van der Waals surface area (Å²) in [5.41, 5.74) is 0.852. The van der Waals surface area contributed by atoms with Crippen molar-refractivity contribution in [3.63, 3.8) is 0 Å². The van der Waals surface area contributed by atoms with Gasteiger partial charge in [-0.05, 0) is 5.56 Å². The van der Waals surface area contributed by atoms with Crippen molar-refractivity contribution in [2.45, 2.75) is 32.6 Å². The van der Waals surface area contributed by atoms with E-state index in [1.165, 1.54) is 0 Å². The zero-order chi connectivity index (χ0) is 16.5. The van der Waals surface area contributed by atoms with Crippen LogP contribution in [0.25, 0.3) is 0 Å². The first-order valence-electron chi connectivity index (χ1n) is 6.71. The number of amides is 1. The van der Waals surface area contributed by atoms with Crippen molar-refractivity contribution in [2.75, 3.05) is 6.61 Å². The SMILES string of the molecule is CC(=O)O[C@@H](CO)[C@H](OC(C)=O)C(=O)NCc1ccccc1. The predicted octanol–water partition coefficient (Wildman–Crippen LogP) is 0.159. The first-order valence-corrected chi connectivity index (χ1v) is 6.71. The number of hydrogen-bond acceptors (Lipinski definition) is 6. The van der Waals surface area contributed by atoms with Crippen LogP contribution in [-0.2, 0) is 30.4 Å². The maximum atomic E-state index is 12.1. The maximum Gasteiger partial charge on any atom is 0.303 e. The minimum Gasteiger partial charge on any atom is -0.456 e. The number of aliphatic hydroxyl groups excluding tert-OH is 1. The molecule has 0 bridgehead atoms. The Morgan fingerprint density at radius 3 is 2.18 bits per heavy atom. The number of carbonyl (C=O) groups excluding carboxylic acids is 3. The summed E-state index contributed by atoms with van der Waals surface area (Å²) in [4.78, 5) is 34.3. The molecule has 0 radical (unpaired) electrons. The molecule has 2 atom stereocenters. The highest BCUT2D eigenvalue weighted by Crippen LogP contribution is 2.07. The molecule has 120 valence electrons. The Morgan fingerprint density at radius 2 is 1.68 bits per heavy atom. The average Bonchev–Trinajstić information content (AvgIpc) is 2.48. The summed E-state index contributed by atoms with van der Waals surface area (Å²) in [7, 11) is 0. The predicted molar refractivity (Wildman–Crippen MR) is 76.5 cm³/mol. The fourth-order valence-corrected chi connectivity index (χ4v) is 1.77. The number of rotatable bonds is 7. The van der Waals surface area contributed by atoms with Gasteiger partial charge in [0.2, 0.25) is 6.10 Å². The second-order valence-electron chi connectivity index (χ2n) is 4.56. The van der Waals surface area contributed by atoms with Crippen LogP contribution >= 0.6 is 0 Å². The van der Waals surface area contributed by atoms with Crippen LogP contribution in [0.5, 0.6) is 0 Å². The molecule has 0 unspecified atom stereocenters. The summed E-state index contributed by atoms with van der Waals surface area (Å²) in [5, 5.41) is 11.8. The van der Waals surface area contributed by atoms with Gasteiger partial charge in [0.25, 0.3) is 5.91 Å². The van der Waals surface area contributed by atoms with Gasteiger partial charge >= 0.3 is 11.9 Å². The zero-order valence-corrected chi connectivity index (χ0v) is 12.4. The maximum absolute atomic E-state index is 12.1. The fourth-order valence-electron chi connectivity index (χ4n) is 1.77. The standard InChI is InChI=1S/C15H19NO6/c1-10(18)21-13(9-17)14(22-11(2)19)15(20)16-8-12-6-4-3-5-7-12/h3-7,13-14,17H,8-9H2,1-2H3,(H,16,20)/t13-,14-/m0/s1. The van der Waals surface area contributed by atoms with E-state index >= 15 is 0 Å². The van der Waals surface area contributed by atoms with Gasteiger partial charge in [0.15, 0.2) is 6.10 Å². The first kappa shape index (κ1) is 17.6. The van der Waals surface area contributed by atoms with Crippen LogP contribution in [0.15, 0.2) is 30.3 Å². The number of ether oxygens (including phenoxy) is 2. The van der Waals surface area contributed by atoms with Crippen molar-refractivity contribution in [3.8, 4) is 0 Å². The second kappa shape index (κ2) is 8.78. The molecule has 0 fully saturated rings. The van der Waals surface area contributed by atoms with Crippen molar-refractivity contribution in [3.05, 3.63) is 35.9 Å². The number of aliphatic hydroxyl groups is 1. The molecule has 22 heavy (non-hydrogen) atoms. The van der Waals surface area contributed by atoms with Crippen molar-refractivity contribution in [1.29, 1.82) is 0 Å². The fraction of sp³-hybridized carbons (Fsp3) is 0.400. The van der Waals surface area contributed by atoms with E-state index < -0.39 is 36.7 Å². The number of nitrogens with one attached hydrogen (secondary N) is 1. The highest BCUT2D eigenvalue weighted by atomic mass is 16.6. The summed E-state index contributed by atoms with van der Waals surface area (Å²) in [6, 6.07) is 9.11. The van der Waals surface area contributed by atoms with Crippen molar-refractivity contribution in [2.24, 2.45) is 0 Å². The van der Waals surface area contributed by atoms with Crippen molar-refractivity contribution in [1.82, 2.24) is 5.32 Å². The van der Waals surface area contributed by atoms with Crippen LogP contribution in [0.1, 0.15) is 19.4 Å². The largest absolute Gasteiger partial charge is 0.456 e. The Kier molecular flexibility index (Phi) is 7.04. The van der Waals surface area contributed by atoms with Crippen molar-refractivity contribution >= 4 is 17.8 Å². The monoisotopic (exact) mass is 309 g/mol. The van der Waals surface area contributed by atoms with E-state index in [4.69, 9.17) is 9.47 Å². The van der Waals surface area contributed by atoms with Gasteiger partial charge in [0.1, 0.15) is 0 Å². The molecule has 0 aromatic heterocycles. The van der Waals surface area contributed by atoms with Crippen LogP contribution in [-0.4, -0.2) is 41.8 Å². The van der Waals surface area contributed by atoms with Gasteiger partial charge in [-0.15, -0.1) is 0 Å². The molecule has 1 aromatic rings. The molecule has 7 heteroatoms. The number of carbonyl (C=O) groups is 3. The zero-order valence-electron chi connectivity index (χ0n) is 12.4. The lowest BCUT2D eigenvalue weighted by Crippen LogP contribution is -2.47. The molecule has 0 aliphatic heterocycles. The molecule has 0 aliphatic carbocycles. The Balaban J connectivity index is 2.74. The third kappa shape index (κ3) is 5.92. The van der Waals surface area contributed by atoms with E-state index in [1.54, 1.807) is 0 Å². The third-order valence-corrected chi connectivity index (χ3v) is 2.70. The molecule has 0 spiro atoms. The molecule has 1 amide bonds. The molecular formula is C15H19NO6. The van der Waals surface area contributed by atoms with Gasteiger partial charge in [0.05, 0.1) is 6.61 Å². The van der Waals surface area contributed by atoms with E-state index in [0.717, 1.165) is 19.4 Å². The molecule has 0 saturated heterocycles. The summed E-state index contributed by atoms with van der Waals surface area (Å²) in [6.07, 6.45) is -2.66. The van der Waals surface area contributed by atoms with Crippen molar-refractivity contribution < 1.29 is 29.0 Å². The van der Waals surface area contributed by atoms with Gasteiger partial charge in [0, 0.05) is 20.4 Å². The molecule has 0 heterocycles. The Bertz CT molecular complexity index is 516. The normalized spacial score (nSPS) is 12.9. The lowest BCUT2D eigenvalue weighted by Gasteiger charge is -2.24. The van der Waals surface area contributed by atoms with Gasteiger partial charge < -0.3 is 19.9 Å². The van der Waals surface area contributed by atoms with Crippen LogP contribution in [0.4, 0.5) is 0 Å². The average molecular weight is 309 g/mol. The summed E-state index contributed by atoms with van der Waals surface area (Å²) >= 11 is 0. The topological polar surface area (TPSA) is 102 Å².